The molecule has 1 saturated carbocycles. The summed E-state index contributed by atoms with van der Waals surface area (Å²) in [6, 6.07) is 12.8. The molecule has 1 heterocycles. The van der Waals surface area contributed by atoms with Crippen molar-refractivity contribution in [2.75, 3.05) is 0 Å². The molecule has 0 atom stereocenters. The Balaban J connectivity index is 1.75. The Morgan fingerprint density at radius 1 is 1.14 bits per heavy atom. The number of nitrogens with zero attached hydrogens (tertiary/aromatic N) is 1. The highest BCUT2D eigenvalue weighted by atomic mass is 32.1. The van der Waals surface area contributed by atoms with Crippen LogP contribution in [0.3, 0.4) is 0 Å². The lowest BCUT2D eigenvalue weighted by Crippen LogP contribution is -2.25. The van der Waals surface area contributed by atoms with Gasteiger partial charge >= 0.3 is 5.97 Å². The highest BCUT2D eigenvalue weighted by molar-refractivity contribution is 7.09. The van der Waals surface area contributed by atoms with Crippen molar-refractivity contribution in [3.05, 3.63) is 57.8 Å². The lowest BCUT2D eigenvalue weighted by atomic mass is 10.0. The Morgan fingerprint density at radius 3 is 2.52 bits per heavy atom. The first-order valence-corrected chi connectivity index (χ1v) is 8.15. The van der Waals surface area contributed by atoms with E-state index in [0.717, 1.165) is 24.2 Å². The number of carbonyl (C=O) groups is 1. The van der Waals surface area contributed by atoms with E-state index in [-0.39, 0.29) is 6.42 Å². The molecule has 3 rings (SSSR count). The maximum atomic E-state index is 11.0. The van der Waals surface area contributed by atoms with Crippen molar-refractivity contribution in [2.45, 2.75) is 38.4 Å². The molecule has 0 amide bonds. The largest absolute Gasteiger partial charge is 0.481 e. The molecule has 1 fully saturated rings. The number of carboxylic acids is 1. The molecule has 0 saturated heterocycles. The molecule has 0 unspecified atom stereocenters. The average molecular weight is 301 g/mol. The van der Waals surface area contributed by atoms with E-state index in [0.29, 0.717) is 6.04 Å². The predicted octanol–water partition coefficient (Wildman–Crippen LogP) is 3.54. The zero-order chi connectivity index (χ0) is 14.7. The minimum atomic E-state index is -0.765. The highest BCUT2D eigenvalue weighted by Crippen LogP contribution is 2.31. The van der Waals surface area contributed by atoms with Gasteiger partial charge in [0.15, 0.2) is 0 Å². The van der Waals surface area contributed by atoms with E-state index >= 15 is 0 Å². The summed E-state index contributed by atoms with van der Waals surface area (Å²) in [6.07, 6.45) is 2.62. The lowest BCUT2D eigenvalue weighted by molar-refractivity contribution is -0.136. The fraction of sp³-hybridized carbons (Fsp3) is 0.353. The SMILES string of the molecule is O=C(O)Cc1ccccc1CN(Cc1cccs1)C1CC1. The van der Waals surface area contributed by atoms with Crippen molar-refractivity contribution < 1.29 is 9.90 Å². The molecule has 1 aromatic heterocycles. The summed E-state index contributed by atoms with van der Waals surface area (Å²) in [4.78, 5) is 14.8. The Bertz CT molecular complexity index is 605. The van der Waals surface area contributed by atoms with Gasteiger partial charge in [-0.25, -0.2) is 0 Å². The molecule has 2 aromatic rings. The maximum Gasteiger partial charge on any atom is 0.307 e. The van der Waals surface area contributed by atoms with Crippen LogP contribution >= 0.6 is 11.3 Å². The topological polar surface area (TPSA) is 40.5 Å². The number of thiophene rings is 1. The van der Waals surface area contributed by atoms with Gasteiger partial charge in [-0.3, -0.25) is 9.69 Å². The molecule has 4 heteroatoms. The van der Waals surface area contributed by atoms with Crippen LogP contribution in [0.15, 0.2) is 41.8 Å². The number of hydrogen-bond donors (Lipinski definition) is 1. The molecule has 0 radical (unpaired) electrons. The molecular formula is C17H19NO2S. The fourth-order valence-electron chi connectivity index (χ4n) is 2.62. The van der Waals surface area contributed by atoms with Gasteiger partial charge in [-0.15, -0.1) is 11.3 Å². The smallest absolute Gasteiger partial charge is 0.307 e. The summed E-state index contributed by atoms with van der Waals surface area (Å²) in [5.41, 5.74) is 2.07. The highest BCUT2D eigenvalue weighted by Gasteiger charge is 2.29. The zero-order valence-corrected chi connectivity index (χ0v) is 12.7. The molecule has 1 aromatic carbocycles. The maximum absolute atomic E-state index is 11.0. The van der Waals surface area contributed by atoms with Gasteiger partial charge < -0.3 is 5.11 Å². The van der Waals surface area contributed by atoms with Gasteiger partial charge in [-0.05, 0) is 35.4 Å². The van der Waals surface area contributed by atoms with E-state index in [1.54, 1.807) is 11.3 Å². The van der Waals surface area contributed by atoms with Gasteiger partial charge in [0.1, 0.15) is 0 Å². The first-order chi connectivity index (χ1) is 10.2. The molecule has 1 aliphatic rings. The van der Waals surface area contributed by atoms with Crippen molar-refractivity contribution >= 4 is 17.3 Å². The van der Waals surface area contributed by atoms with Crippen molar-refractivity contribution in [3.8, 4) is 0 Å². The summed E-state index contributed by atoms with van der Waals surface area (Å²) in [5.74, 6) is -0.765. The first-order valence-electron chi connectivity index (χ1n) is 7.27. The summed E-state index contributed by atoms with van der Waals surface area (Å²) in [5, 5.41) is 11.2. The number of hydrogen-bond acceptors (Lipinski definition) is 3. The summed E-state index contributed by atoms with van der Waals surface area (Å²) in [6.45, 7) is 1.80. The number of rotatable bonds is 7. The van der Waals surface area contributed by atoms with Crippen LogP contribution in [0.2, 0.25) is 0 Å². The lowest BCUT2D eigenvalue weighted by Gasteiger charge is -2.22. The molecule has 3 nitrogen and oxygen atoms in total. The average Bonchev–Trinajstić information content (AvgIpc) is 3.18. The molecule has 1 aliphatic carbocycles. The third-order valence-electron chi connectivity index (χ3n) is 3.84. The van der Waals surface area contributed by atoms with Crippen LogP contribution < -0.4 is 0 Å². The predicted molar refractivity (Wildman–Crippen MR) is 84.4 cm³/mol. The summed E-state index contributed by atoms with van der Waals surface area (Å²) >= 11 is 1.79. The van der Waals surface area contributed by atoms with E-state index in [9.17, 15) is 4.79 Å². The third-order valence-corrected chi connectivity index (χ3v) is 4.70. The minimum absolute atomic E-state index is 0.105. The molecule has 0 spiro atoms. The van der Waals surface area contributed by atoms with E-state index in [4.69, 9.17) is 5.11 Å². The monoisotopic (exact) mass is 301 g/mol. The van der Waals surface area contributed by atoms with Crippen molar-refractivity contribution in [3.63, 3.8) is 0 Å². The van der Waals surface area contributed by atoms with E-state index in [2.05, 4.69) is 28.5 Å². The fourth-order valence-corrected chi connectivity index (χ4v) is 3.35. The van der Waals surface area contributed by atoms with Crippen LogP contribution in [0.4, 0.5) is 0 Å². The summed E-state index contributed by atoms with van der Waals surface area (Å²) < 4.78 is 0. The van der Waals surface area contributed by atoms with E-state index in [1.165, 1.54) is 17.7 Å². The third kappa shape index (κ3) is 3.93. The molecule has 21 heavy (non-hydrogen) atoms. The standard InChI is InChI=1S/C17H19NO2S/c19-17(20)10-13-4-1-2-5-14(13)11-18(15-7-8-15)12-16-6-3-9-21-16/h1-6,9,15H,7-8,10-12H2,(H,19,20). The second-order valence-electron chi connectivity index (χ2n) is 5.55. The van der Waals surface area contributed by atoms with Gasteiger partial charge in [0, 0.05) is 24.0 Å². The van der Waals surface area contributed by atoms with Crippen LogP contribution in [0.1, 0.15) is 28.8 Å². The Labute approximate surface area is 128 Å². The second-order valence-corrected chi connectivity index (χ2v) is 6.59. The van der Waals surface area contributed by atoms with Crippen molar-refractivity contribution in [1.29, 1.82) is 0 Å². The van der Waals surface area contributed by atoms with Crippen molar-refractivity contribution in [2.24, 2.45) is 0 Å². The number of carboxylic acid groups (broad SMARTS) is 1. The Hall–Kier alpha value is -1.65. The second kappa shape index (κ2) is 6.41. The van der Waals surface area contributed by atoms with Gasteiger partial charge in [-0.2, -0.15) is 0 Å². The van der Waals surface area contributed by atoms with Crippen LogP contribution in [0.5, 0.6) is 0 Å². The van der Waals surface area contributed by atoms with Crippen molar-refractivity contribution in [1.82, 2.24) is 4.90 Å². The van der Waals surface area contributed by atoms with Gasteiger partial charge in [0.05, 0.1) is 6.42 Å². The molecular weight excluding hydrogens is 282 g/mol. The Morgan fingerprint density at radius 2 is 1.90 bits per heavy atom. The van der Waals surface area contributed by atoms with Crippen LogP contribution in [0.25, 0.3) is 0 Å². The molecule has 110 valence electrons. The molecule has 1 N–H and O–H groups in total. The summed E-state index contributed by atoms with van der Waals surface area (Å²) in [7, 11) is 0. The quantitative estimate of drug-likeness (QED) is 0.850. The molecule has 0 bridgehead atoms. The van der Waals surface area contributed by atoms with E-state index < -0.39 is 5.97 Å². The van der Waals surface area contributed by atoms with Gasteiger partial charge in [-0.1, -0.05) is 30.3 Å². The normalized spacial score (nSPS) is 14.5. The Kier molecular flexibility index (Phi) is 4.36. The van der Waals surface area contributed by atoms with Gasteiger partial charge in [0.25, 0.3) is 0 Å². The van der Waals surface area contributed by atoms with Crippen LogP contribution in [-0.4, -0.2) is 22.0 Å². The molecule has 0 aliphatic heterocycles. The van der Waals surface area contributed by atoms with Crippen LogP contribution in [0, 0.1) is 0 Å². The minimum Gasteiger partial charge on any atom is -0.481 e. The van der Waals surface area contributed by atoms with Crippen LogP contribution in [-0.2, 0) is 24.3 Å². The first kappa shape index (κ1) is 14.3. The number of aliphatic carboxylic acids is 1. The zero-order valence-electron chi connectivity index (χ0n) is 11.9. The van der Waals surface area contributed by atoms with Gasteiger partial charge in [0.2, 0.25) is 0 Å². The van der Waals surface area contributed by atoms with E-state index in [1.807, 2.05) is 18.2 Å². The number of benzene rings is 1.